The lowest BCUT2D eigenvalue weighted by atomic mass is 10.2. The van der Waals surface area contributed by atoms with E-state index in [1.54, 1.807) is 28.6 Å². The quantitative estimate of drug-likeness (QED) is 0.677. The third kappa shape index (κ3) is 3.31. The Morgan fingerprint density at radius 3 is 2.78 bits per heavy atom. The summed E-state index contributed by atoms with van der Waals surface area (Å²) in [7, 11) is -1.88. The highest BCUT2D eigenvalue weighted by Crippen LogP contribution is 2.31. The standard InChI is InChI=1S/C17H24N6O3S/c1-26-16-4-7-21(12-16)17-10-14(2-5-19-17)22-8-9-23(27(22,24)25)15-3-6-20(11-15)13-18/h2,5,10,15-16H,3-4,6-9,11-12H2,1H3. The zero-order chi connectivity index (χ0) is 19.0. The van der Waals surface area contributed by atoms with Gasteiger partial charge in [-0.3, -0.25) is 4.31 Å². The molecule has 3 aliphatic rings. The number of ether oxygens (including phenoxy) is 1. The molecule has 3 aliphatic heterocycles. The molecule has 0 amide bonds. The summed E-state index contributed by atoms with van der Waals surface area (Å²) in [4.78, 5) is 8.16. The first kappa shape index (κ1) is 18.3. The van der Waals surface area contributed by atoms with E-state index in [1.807, 2.05) is 6.07 Å². The van der Waals surface area contributed by atoms with Crippen molar-refractivity contribution in [2.45, 2.75) is 25.0 Å². The molecule has 4 rings (SSSR count). The maximum atomic E-state index is 13.1. The van der Waals surface area contributed by atoms with E-state index >= 15 is 0 Å². The van der Waals surface area contributed by atoms with Crippen molar-refractivity contribution in [3.05, 3.63) is 18.3 Å². The van der Waals surface area contributed by atoms with Gasteiger partial charge >= 0.3 is 10.2 Å². The summed E-state index contributed by atoms with van der Waals surface area (Å²) in [5.41, 5.74) is 0.638. The normalized spacial score (nSPS) is 28.1. The van der Waals surface area contributed by atoms with Crippen LogP contribution in [0.2, 0.25) is 0 Å². The number of nitriles is 1. The molecule has 3 saturated heterocycles. The second kappa shape index (κ2) is 7.14. The number of hydrogen-bond acceptors (Lipinski definition) is 7. The van der Waals surface area contributed by atoms with E-state index in [0.717, 1.165) is 25.3 Å². The summed E-state index contributed by atoms with van der Waals surface area (Å²) in [6.07, 6.45) is 5.59. The van der Waals surface area contributed by atoms with Crippen molar-refractivity contribution in [2.75, 3.05) is 55.6 Å². The van der Waals surface area contributed by atoms with Crippen molar-refractivity contribution in [3.8, 4) is 6.19 Å². The molecule has 27 heavy (non-hydrogen) atoms. The predicted octanol–water partition coefficient (Wildman–Crippen LogP) is 0.229. The van der Waals surface area contributed by atoms with E-state index in [-0.39, 0.29) is 12.1 Å². The van der Waals surface area contributed by atoms with Crippen LogP contribution >= 0.6 is 0 Å². The van der Waals surface area contributed by atoms with Crippen molar-refractivity contribution in [1.29, 1.82) is 5.26 Å². The average Bonchev–Trinajstić information content (AvgIpc) is 3.39. The Bertz CT molecular complexity index is 841. The first-order chi connectivity index (χ1) is 13.0. The summed E-state index contributed by atoms with van der Waals surface area (Å²) in [6.45, 7) is 3.55. The minimum Gasteiger partial charge on any atom is -0.380 e. The Morgan fingerprint density at radius 2 is 2.07 bits per heavy atom. The molecule has 1 aromatic heterocycles. The van der Waals surface area contributed by atoms with E-state index in [0.29, 0.717) is 38.3 Å². The van der Waals surface area contributed by atoms with Crippen LogP contribution in [-0.4, -0.2) is 81.1 Å². The van der Waals surface area contributed by atoms with Gasteiger partial charge in [-0.15, -0.1) is 0 Å². The van der Waals surface area contributed by atoms with Crippen molar-refractivity contribution < 1.29 is 13.2 Å². The van der Waals surface area contributed by atoms with Gasteiger partial charge in [-0.1, -0.05) is 0 Å². The molecule has 2 atom stereocenters. The molecular formula is C17H24N6O3S. The minimum absolute atomic E-state index is 0.137. The summed E-state index contributed by atoms with van der Waals surface area (Å²) in [6, 6.07) is 3.45. The van der Waals surface area contributed by atoms with Gasteiger partial charge in [0.25, 0.3) is 0 Å². The van der Waals surface area contributed by atoms with Gasteiger partial charge in [0.05, 0.1) is 11.8 Å². The molecule has 0 aromatic carbocycles. The monoisotopic (exact) mass is 392 g/mol. The molecular weight excluding hydrogens is 368 g/mol. The Morgan fingerprint density at radius 1 is 1.22 bits per heavy atom. The molecule has 9 nitrogen and oxygen atoms in total. The predicted molar refractivity (Wildman–Crippen MR) is 100 cm³/mol. The highest BCUT2D eigenvalue weighted by atomic mass is 32.2. The number of nitrogens with zero attached hydrogens (tertiary/aromatic N) is 6. The number of methoxy groups -OCH3 is 1. The van der Waals surface area contributed by atoms with Crippen LogP contribution in [0, 0.1) is 11.5 Å². The number of aromatic nitrogens is 1. The number of likely N-dealkylation sites (tertiary alicyclic amines) is 1. The largest absolute Gasteiger partial charge is 0.380 e. The molecule has 0 N–H and O–H groups in total. The zero-order valence-corrected chi connectivity index (χ0v) is 16.2. The van der Waals surface area contributed by atoms with Gasteiger partial charge in [0.2, 0.25) is 0 Å². The third-order valence-electron chi connectivity index (χ3n) is 5.63. The van der Waals surface area contributed by atoms with Crippen LogP contribution in [0.5, 0.6) is 0 Å². The van der Waals surface area contributed by atoms with E-state index in [2.05, 4.69) is 16.1 Å². The highest BCUT2D eigenvalue weighted by molar-refractivity contribution is 7.90. The van der Waals surface area contributed by atoms with Gasteiger partial charge in [-0.2, -0.15) is 18.0 Å². The molecule has 146 valence electrons. The van der Waals surface area contributed by atoms with Gasteiger partial charge in [0.1, 0.15) is 5.82 Å². The number of rotatable bonds is 4. The molecule has 0 radical (unpaired) electrons. The summed E-state index contributed by atoms with van der Waals surface area (Å²) in [5, 5.41) is 9.03. The van der Waals surface area contributed by atoms with Gasteiger partial charge in [0, 0.05) is 64.7 Å². The molecule has 0 bridgehead atoms. The van der Waals surface area contributed by atoms with Crippen LogP contribution in [0.1, 0.15) is 12.8 Å². The highest BCUT2D eigenvalue weighted by Gasteiger charge is 2.43. The SMILES string of the molecule is COC1CCN(c2cc(N3CCN(C4CCN(C#N)C4)S3(=O)=O)ccn2)C1. The Labute approximate surface area is 159 Å². The van der Waals surface area contributed by atoms with Crippen LogP contribution in [0.15, 0.2) is 18.3 Å². The zero-order valence-electron chi connectivity index (χ0n) is 15.4. The fourth-order valence-corrected chi connectivity index (χ4v) is 5.92. The van der Waals surface area contributed by atoms with Crippen molar-refractivity contribution in [2.24, 2.45) is 0 Å². The molecule has 10 heteroatoms. The maximum absolute atomic E-state index is 13.1. The second-order valence-electron chi connectivity index (χ2n) is 7.14. The van der Waals surface area contributed by atoms with Crippen LogP contribution in [0.25, 0.3) is 0 Å². The lowest BCUT2D eigenvalue weighted by Gasteiger charge is -2.25. The lowest BCUT2D eigenvalue weighted by Crippen LogP contribution is -2.41. The minimum atomic E-state index is -3.59. The summed E-state index contributed by atoms with van der Waals surface area (Å²) < 4.78 is 34.6. The molecule has 0 aliphatic carbocycles. The molecule has 4 heterocycles. The molecule has 1 aromatic rings. The fraction of sp³-hybridized carbons (Fsp3) is 0.647. The van der Waals surface area contributed by atoms with Crippen LogP contribution in [-0.2, 0) is 14.9 Å². The van der Waals surface area contributed by atoms with Crippen molar-refractivity contribution in [3.63, 3.8) is 0 Å². The Kier molecular flexibility index (Phi) is 4.84. The lowest BCUT2D eigenvalue weighted by molar-refractivity contribution is 0.121. The Balaban J connectivity index is 1.53. The van der Waals surface area contributed by atoms with Crippen LogP contribution in [0.4, 0.5) is 11.5 Å². The van der Waals surface area contributed by atoms with Gasteiger partial charge in [-0.25, -0.2) is 4.98 Å². The van der Waals surface area contributed by atoms with Crippen molar-refractivity contribution >= 4 is 21.7 Å². The first-order valence-electron chi connectivity index (χ1n) is 9.21. The maximum Gasteiger partial charge on any atom is 0.304 e. The third-order valence-corrected chi connectivity index (χ3v) is 7.65. The number of hydrogen-bond donors (Lipinski definition) is 0. The van der Waals surface area contributed by atoms with E-state index < -0.39 is 10.2 Å². The number of pyridine rings is 1. The molecule has 3 fully saturated rings. The van der Waals surface area contributed by atoms with Gasteiger partial charge in [-0.05, 0) is 18.9 Å². The van der Waals surface area contributed by atoms with Gasteiger partial charge < -0.3 is 14.5 Å². The molecule has 2 unspecified atom stereocenters. The first-order valence-corrected chi connectivity index (χ1v) is 10.6. The topological polar surface area (TPSA) is 93.0 Å². The van der Waals surface area contributed by atoms with E-state index in [9.17, 15) is 8.42 Å². The summed E-state index contributed by atoms with van der Waals surface area (Å²) in [5.74, 6) is 0.775. The fourth-order valence-electron chi connectivity index (χ4n) is 4.11. The van der Waals surface area contributed by atoms with Crippen molar-refractivity contribution in [1.82, 2.24) is 14.2 Å². The van der Waals surface area contributed by atoms with Crippen LogP contribution < -0.4 is 9.21 Å². The summed E-state index contributed by atoms with van der Waals surface area (Å²) >= 11 is 0. The van der Waals surface area contributed by atoms with Gasteiger partial charge in [0.15, 0.2) is 6.19 Å². The Hall–Kier alpha value is -2.09. The van der Waals surface area contributed by atoms with E-state index in [1.165, 1.54) is 4.31 Å². The van der Waals surface area contributed by atoms with Crippen LogP contribution in [0.3, 0.4) is 0 Å². The number of anilines is 2. The second-order valence-corrected chi connectivity index (χ2v) is 8.95. The van der Waals surface area contributed by atoms with E-state index in [4.69, 9.17) is 10.00 Å². The average molecular weight is 392 g/mol. The molecule has 0 saturated carbocycles. The smallest absolute Gasteiger partial charge is 0.304 e. The molecule has 0 spiro atoms.